The van der Waals surface area contributed by atoms with Crippen LogP contribution in [0.25, 0.3) is 11.5 Å². The molecule has 1 amide bonds. The van der Waals surface area contributed by atoms with Crippen LogP contribution in [0.3, 0.4) is 0 Å². The minimum absolute atomic E-state index is 0.0111. The molecule has 2 aromatic carbocycles. The van der Waals surface area contributed by atoms with Crippen LogP contribution in [0.15, 0.2) is 59.1 Å². The van der Waals surface area contributed by atoms with Crippen LogP contribution in [-0.4, -0.2) is 41.1 Å². The Balaban J connectivity index is 1.45. The summed E-state index contributed by atoms with van der Waals surface area (Å²) in [7, 11) is 1.58. The molecule has 0 aliphatic carbocycles. The number of alkyl halides is 1. The maximum Gasteiger partial charge on any atom is 0.258 e. The summed E-state index contributed by atoms with van der Waals surface area (Å²) in [6, 6.07) is 16.5. The van der Waals surface area contributed by atoms with Gasteiger partial charge in [0.15, 0.2) is 5.67 Å². The number of ether oxygens (including phenoxy) is 1. The van der Waals surface area contributed by atoms with E-state index in [2.05, 4.69) is 10.1 Å². The summed E-state index contributed by atoms with van der Waals surface area (Å²) in [5, 5.41) is 3.83. The fraction of sp³-hybridized carbons (Fsp3) is 0.286. The smallest absolute Gasteiger partial charge is 0.258 e. The molecule has 7 heteroatoms. The van der Waals surface area contributed by atoms with Gasteiger partial charge in [-0.1, -0.05) is 35.5 Å². The molecule has 4 rings (SSSR count). The third-order valence-electron chi connectivity index (χ3n) is 4.91. The molecule has 1 atom stereocenters. The molecule has 0 saturated carbocycles. The second-order valence-electron chi connectivity index (χ2n) is 6.85. The molecule has 1 unspecified atom stereocenters. The predicted molar refractivity (Wildman–Crippen MR) is 100 cm³/mol. The van der Waals surface area contributed by atoms with Crippen molar-refractivity contribution in [1.29, 1.82) is 0 Å². The number of likely N-dealkylation sites (tertiary alicyclic amines) is 1. The van der Waals surface area contributed by atoms with E-state index in [9.17, 15) is 4.79 Å². The molecule has 1 aliphatic rings. The second-order valence-corrected chi connectivity index (χ2v) is 6.85. The Morgan fingerprint density at radius 1 is 1.25 bits per heavy atom. The molecule has 1 fully saturated rings. The Morgan fingerprint density at radius 3 is 2.86 bits per heavy atom. The number of hydrogen-bond acceptors (Lipinski definition) is 5. The molecular formula is C21H20FN3O3. The van der Waals surface area contributed by atoms with E-state index >= 15 is 4.39 Å². The van der Waals surface area contributed by atoms with E-state index in [4.69, 9.17) is 9.26 Å². The molecule has 144 valence electrons. The molecule has 0 N–H and O–H groups in total. The first-order valence-electron chi connectivity index (χ1n) is 9.07. The zero-order valence-electron chi connectivity index (χ0n) is 15.5. The average Bonchev–Trinajstić information content (AvgIpc) is 3.37. The Hall–Kier alpha value is -3.22. The van der Waals surface area contributed by atoms with Gasteiger partial charge in [-0.15, -0.1) is 0 Å². The number of nitrogens with zero attached hydrogens (tertiary/aromatic N) is 3. The summed E-state index contributed by atoms with van der Waals surface area (Å²) in [5.41, 5.74) is -0.249. The van der Waals surface area contributed by atoms with Crippen molar-refractivity contribution in [2.45, 2.75) is 18.5 Å². The van der Waals surface area contributed by atoms with Crippen molar-refractivity contribution in [2.24, 2.45) is 0 Å². The lowest BCUT2D eigenvalue weighted by atomic mass is 10.1. The molecule has 3 aromatic rings. The fourth-order valence-corrected chi connectivity index (χ4v) is 3.34. The third-order valence-corrected chi connectivity index (χ3v) is 4.91. The number of halogens is 1. The van der Waals surface area contributed by atoms with E-state index in [-0.39, 0.29) is 37.0 Å². The van der Waals surface area contributed by atoms with Crippen LogP contribution in [-0.2, 0) is 16.9 Å². The zero-order valence-corrected chi connectivity index (χ0v) is 15.5. The van der Waals surface area contributed by atoms with E-state index in [1.54, 1.807) is 7.11 Å². The van der Waals surface area contributed by atoms with Crippen LogP contribution in [0.2, 0.25) is 0 Å². The van der Waals surface area contributed by atoms with Crippen LogP contribution < -0.4 is 4.74 Å². The summed E-state index contributed by atoms with van der Waals surface area (Å²) in [5.74, 6) is 0.808. The Morgan fingerprint density at radius 2 is 2.07 bits per heavy atom. The fourth-order valence-electron chi connectivity index (χ4n) is 3.34. The highest BCUT2D eigenvalue weighted by molar-refractivity contribution is 5.79. The average molecular weight is 381 g/mol. The molecule has 0 spiro atoms. The lowest BCUT2D eigenvalue weighted by molar-refractivity contribution is -0.130. The summed E-state index contributed by atoms with van der Waals surface area (Å²) in [6.45, 7) is 0.234. The lowest BCUT2D eigenvalue weighted by Gasteiger charge is -2.18. The molecule has 0 radical (unpaired) electrons. The first-order valence-corrected chi connectivity index (χ1v) is 9.07. The summed E-state index contributed by atoms with van der Waals surface area (Å²) in [4.78, 5) is 18.4. The number of amides is 1. The largest absolute Gasteiger partial charge is 0.497 e. The highest BCUT2D eigenvalue weighted by Gasteiger charge is 2.45. The number of aromatic nitrogens is 2. The van der Waals surface area contributed by atoms with Crippen molar-refractivity contribution in [1.82, 2.24) is 15.0 Å². The van der Waals surface area contributed by atoms with E-state index in [1.165, 1.54) is 4.90 Å². The van der Waals surface area contributed by atoms with Crippen molar-refractivity contribution in [3.05, 3.63) is 66.0 Å². The van der Waals surface area contributed by atoms with Gasteiger partial charge in [0.25, 0.3) is 5.89 Å². The maximum absolute atomic E-state index is 15.4. The molecule has 1 aromatic heterocycles. The number of rotatable bonds is 5. The van der Waals surface area contributed by atoms with Crippen LogP contribution >= 0.6 is 0 Å². The van der Waals surface area contributed by atoms with Crippen molar-refractivity contribution in [3.63, 3.8) is 0 Å². The van der Waals surface area contributed by atoms with Gasteiger partial charge >= 0.3 is 0 Å². The predicted octanol–water partition coefficient (Wildman–Crippen LogP) is 3.39. The number of hydrogen-bond donors (Lipinski definition) is 0. The third kappa shape index (κ3) is 3.60. The Kier molecular flexibility index (Phi) is 4.81. The summed E-state index contributed by atoms with van der Waals surface area (Å²) >= 11 is 0. The van der Waals surface area contributed by atoms with Gasteiger partial charge in [0.2, 0.25) is 11.7 Å². The van der Waals surface area contributed by atoms with E-state index in [0.717, 1.165) is 11.1 Å². The SMILES string of the molecule is COc1cccc(CC(=O)N2CCC(F)(c3noc(-c4ccccc4)n3)C2)c1. The monoisotopic (exact) mass is 381 g/mol. The normalized spacial score (nSPS) is 19.0. The molecule has 1 saturated heterocycles. The van der Waals surface area contributed by atoms with Crippen LogP contribution in [0.5, 0.6) is 5.75 Å². The van der Waals surface area contributed by atoms with Gasteiger partial charge in [0.05, 0.1) is 20.1 Å². The topological polar surface area (TPSA) is 68.5 Å². The molecule has 1 aliphatic heterocycles. The van der Waals surface area contributed by atoms with Gasteiger partial charge in [-0.2, -0.15) is 4.98 Å². The molecule has 2 heterocycles. The van der Waals surface area contributed by atoms with E-state index < -0.39 is 5.67 Å². The molecular weight excluding hydrogens is 361 g/mol. The van der Waals surface area contributed by atoms with Crippen LogP contribution in [0.4, 0.5) is 4.39 Å². The Labute approximate surface area is 161 Å². The summed E-state index contributed by atoms with van der Waals surface area (Å²) in [6.07, 6.45) is 0.333. The van der Waals surface area contributed by atoms with Crippen LogP contribution in [0.1, 0.15) is 17.8 Å². The lowest BCUT2D eigenvalue weighted by Crippen LogP contribution is -2.33. The molecule has 0 bridgehead atoms. The van der Waals surface area contributed by atoms with Gasteiger partial charge < -0.3 is 14.2 Å². The van der Waals surface area contributed by atoms with Gasteiger partial charge in [-0.05, 0) is 29.8 Å². The van der Waals surface area contributed by atoms with Crippen LogP contribution in [0, 0.1) is 0 Å². The van der Waals surface area contributed by atoms with Crippen molar-refractivity contribution in [2.75, 3.05) is 20.2 Å². The first kappa shape index (κ1) is 18.2. The summed E-state index contributed by atoms with van der Waals surface area (Å²) < 4.78 is 25.8. The van der Waals surface area contributed by atoms with Crippen molar-refractivity contribution in [3.8, 4) is 17.2 Å². The van der Waals surface area contributed by atoms with E-state index in [0.29, 0.717) is 12.3 Å². The van der Waals surface area contributed by atoms with Gasteiger partial charge in [0, 0.05) is 18.5 Å². The first-order chi connectivity index (χ1) is 13.6. The highest BCUT2D eigenvalue weighted by Crippen LogP contribution is 2.35. The van der Waals surface area contributed by atoms with Gasteiger partial charge in [-0.25, -0.2) is 4.39 Å². The molecule has 6 nitrogen and oxygen atoms in total. The number of methoxy groups -OCH3 is 1. The highest BCUT2D eigenvalue weighted by atomic mass is 19.1. The number of benzene rings is 2. The van der Waals surface area contributed by atoms with E-state index in [1.807, 2.05) is 54.6 Å². The van der Waals surface area contributed by atoms with Gasteiger partial charge in [-0.3, -0.25) is 4.79 Å². The minimum Gasteiger partial charge on any atom is -0.497 e. The van der Waals surface area contributed by atoms with Gasteiger partial charge in [0.1, 0.15) is 5.75 Å². The Bertz CT molecular complexity index is 976. The molecule has 28 heavy (non-hydrogen) atoms. The maximum atomic E-state index is 15.4. The standard InChI is InChI=1S/C21H20FN3O3/c1-27-17-9-5-6-15(12-17)13-18(26)25-11-10-21(22,14-25)20-23-19(28-24-20)16-7-3-2-4-8-16/h2-9,12H,10-11,13-14H2,1H3. The quantitative estimate of drug-likeness (QED) is 0.678. The number of carbonyl (C=O) groups excluding carboxylic acids is 1. The zero-order chi connectivity index (χ0) is 19.6. The van der Waals surface area contributed by atoms with Crippen molar-refractivity contribution >= 4 is 5.91 Å². The minimum atomic E-state index is -1.80. The van der Waals surface area contributed by atoms with Crippen molar-refractivity contribution < 1.29 is 18.4 Å². The number of carbonyl (C=O) groups is 1. The second kappa shape index (κ2) is 7.42.